The molecular weight excluding hydrogens is 192 g/mol. The Balaban J connectivity index is 0.000000151. The van der Waals surface area contributed by atoms with Crippen LogP contribution in [-0.4, -0.2) is 16.0 Å². The molecule has 15 heavy (non-hydrogen) atoms. The molecule has 1 aromatic carbocycles. The van der Waals surface area contributed by atoms with Crippen LogP contribution in [0.3, 0.4) is 0 Å². The molecule has 1 aromatic rings. The Morgan fingerprint density at radius 2 is 1.60 bits per heavy atom. The summed E-state index contributed by atoms with van der Waals surface area (Å²) in [5.41, 5.74) is 0.819. The van der Waals surface area contributed by atoms with E-state index in [4.69, 9.17) is 10.2 Å². The Morgan fingerprint density at radius 1 is 1.07 bits per heavy atom. The molecule has 0 spiro atoms. The molecule has 0 saturated heterocycles. The number of ketones is 1. The Morgan fingerprint density at radius 3 is 1.80 bits per heavy atom. The molecular formula is C12H14O3. The lowest BCUT2D eigenvalue weighted by Gasteiger charge is -1.91. The van der Waals surface area contributed by atoms with E-state index in [0.29, 0.717) is 0 Å². The number of carbonyl (C=O) groups is 1. The van der Waals surface area contributed by atoms with Crippen LogP contribution >= 0.6 is 0 Å². The third kappa shape index (κ3) is 3.46. The first-order chi connectivity index (χ1) is 7.11. The van der Waals surface area contributed by atoms with Crippen LogP contribution in [0.5, 0.6) is 11.5 Å². The lowest BCUT2D eigenvalue weighted by Crippen LogP contribution is -1.86. The second-order valence-corrected chi connectivity index (χ2v) is 3.37. The van der Waals surface area contributed by atoms with Gasteiger partial charge >= 0.3 is 0 Å². The number of allylic oxidation sites excluding steroid dienone is 1. The summed E-state index contributed by atoms with van der Waals surface area (Å²) in [5.74, 6) is 0.111. The van der Waals surface area contributed by atoms with Crippen LogP contribution in [0.1, 0.15) is 19.3 Å². The van der Waals surface area contributed by atoms with E-state index in [1.54, 1.807) is 12.1 Å². The monoisotopic (exact) mass is 206 g/mol. The van der Waals surface area contributed by atoms with E-state index in [9.17, 15) is 4.79 Å². The van der Waals surface area contributed by atoms with E-state index in [0.717, 1.165) is 24.8 Å². The second kappa shape index (κ2) is 5.20. The third-order valence-corrected chi connectivity index (χ3v) is 2.16. The number of Topliss-reactive ketones (excluding diaryl/α,β-unsaturated/α-hetero) is 1. The predicted molar refractivity (Wildman–Crippen MR) is 57.8 cm³/mol. The van der Waals surface area contributed by atoms with Crippen molar-refractivity contribution in [2.24, 2.45) is 0 Å². The zero-order valence-electron chi connectivity index (χ0n) is 8.44. The summed E-state index contributed by atoms with van der Waals surface area (Å²) >= 11 is 0. The van der Waals surface area contributed by atoms with Gasteiger partial charge in [-0.25, -0.2) is 0 Å². The molecule has 0 radical (unpaired) electrons. The van der Waals surface area contributed by atoms with Gasteiger partial charge in [-0.3, -0.25) is 4.79 Å². The van der Waals surface area contributed by atoms with Crippen molar-refractivity contribution in [3.8, 4) is 11.5 Å². The van der Waals surface area contributed by atoms with Crippen LogP contribution in [-0.2, 0) is 4.79 Å². The predicted octanol–water partition coefficient (Wildman–Crippen LogP) is 2.39. The highest BCUT2D eigenvalue weighted by atomic mass is 16.3. The molecule has 0 atom stereocenters. The summed E-state index contributed by atoms with van der Waals surface area (Å²) in [6, 6.07) is 6.15. The number of hydrogen-bond acceptors (Lipinski definition) is 3. The average Bonchev–Trinajstić information content (AvgIpc) is 2.57. The van der Waals surface area contributed by atoms with Crippen molar-refractivity contribution in [1.29, 1.82) is 0 Å². The highest BCUT2D eigenvalue weighted by Gasteiger charge is 2.13. The Bertz CT molecular complexity index is 334. The van der Waals surface area contributed by atoms with Crippen LogP contribution in [0.4, 0.5) is 0 Å². The molecule has 0 aromatic heterocycles. The normalized spacial score (nSPS) is 14.7. The molecule has 1 fully saturated rings. The molecule has 1 saturated carbocycles. The zero-order valence-corrected chi connectivity index (χ0v) is 8.44. The van der Waals surface area contributed by atoms with E-state index >= 15 is 0 Å². The number of phenolic OH excluding ortho intramolecular Hbond substituents is 2. The summed E-state index contributed by atoms with van der Waals surface area (Å²) < 4.78 is 0. The molecule has 0 unspecified atom stereocenters. The van der Waals surface area contributed by atoms with Gasteiger partial charge in [0.15, 0.2) is 17.3 Å². The summed E-state index contributed by atoms with van der Waals surface area (Å²) in [6.07, 6.45) is 2.69. The van der Waals surface area contributed by atoms with Crippen molar-refractivity contribution in [3.63, 3.8) is 0 Å². The lowest BCUT2D eigenvalue weighted by atomic mass is 10.2. The number of rotatable bonds is 0. The highest BCUT2D eigenvalue weighted by Crippen LogP contribution is 2.21. The van der Waals surface area contributed by atoms with Crippen LogP contribution in [0.15, 0.2) is 36.4 Å². The van der Waals surface area contributed by atoms with Crippen LogP contribution in [0.25, 0.3) is 0 Å². The van der Waals surface area contributed by atoms with Crippen molar-refractivity contribution in [2.45, 2.75) is 19.3 Å². The number of aromatic hydroxyl groups is 2. The van der Waals surface area contributed by atoms with Crippen LogP contribution in [0.2, 0.25) is 0 Å². The second-order valence-electron chi connectivity index (χ2n) is 3.37. The minimum absolute atomic E-state index is 0.0764. The maximum atomic E-state index is 10.5. The molecule has 1 aliphatic rings. The summed E-state index contributed by atoms with van der Waals surface area (Å²) in [5, 5.41) is 17.3. The van der Waals surface area contributed by atoms with E-state index in [1.807, 2.05) is 0 Å². The van der Waals surface area contributed by atoms with Gasteiger partial charge in [-0.1, -0.05) is 18.7 Å². The molecule has 0 aliphatic heterocycles. The summed E-state index contributed by atoms with van der Waals surface area (Å²) in [4.78, 5) is 10.5. The Labute approximate surface area is 88.7 Å². The van der Waals surface area contributed by atoms with Crippen molar-refractivity contribution >= 4 is 5.78 Å². The summed E-state index contributed by atoms with van der Waals surface area (Å²) in [6.45, 7) is 3.59. The van der Waals surface area contributed by atoms with Crippen LogP contribution < -0.4 is 0 Å². The minimum Gasteiger partial charge on any atom is -0.504 e. The lowest BCUT2D eigenvalue weighted by molar-refractivity contribution is -0.114. The zero-order chi connectivity index (χ0) is 11.3. The molecule has 0 heterocycles. The Kier molecular flexibility index (Phi) is 3.92. The van der Waals surface area contributed by atoms with Crippen molar-refractivity contribution in [2.75, 3.05) is 0 Å². The van der Waals surface area contributed by atoms with Gasteiger partial charge in [0.05, 0.1) is 0 Å². The molecule has 1 aliphatic carbocycles. The van der Waals surface area contributed by atoms with E-state index < -0.39 is 0 Å². The maximum absolute atomic E-state index is 10.5. The number of phenols is 2. The van der Waals surface area contributed by atoms with Gasteiger partial charge in [-0.15, -0.1) is 0 Å². The molecule has 2 rings (SSSR count). The molecule has 0 bridgehead atoms. The van der Waals surface area contributed by atoms with Crippen molar-refractivity contribution in [3.05, 3.63) is 36.4 Å². The molecule has 3 heteroatoms. The number of para-hydroxylation sites is 2. The number of benzene rings is 1. The first kappa shape index (κ1) is 11.3. The third-order valence-electron chi connectivity index (χ3n) is 2.16. The fourth-order valence-electron chi connectivity index (χ4n) is 1.24. The quantitative estimate of drug-likeness (QED) is 0.506. The first-order valence-electron chi connectivity index (χ1n) is 4.79. The first-order valence-corrected chi connectivity index (χ1v) is 4.79. The number of hydrogen-bond donors (Lipinski definition) is 2. The van der Waals surface area contributed by atoms with Gasteiger partial charge in [-0.2, -0.15) is 0 Å². The van der Waals surface area contributed by atoms with Gasteiger partial charge in [0, 0.05) is 6.42 Å². The van der Waals surface area contributed by atoms with Gasteiger partial charge in [-0.05, 0) is 30.5 Å². The number of carbonyl (C=O) groups excluding carboxylic acids is 1. The van der Waals surface area contributed by atoms with E-state index in [2.05, 4.69) is 6.58 Å². The van der Waals surface area contributed by atoms with Gasteiger partial charge in [0.2, 0.25) is 0 Å². The van der Waals surface area contributed by atoms with Gasteiger partial charge in [0.25, 0.3) is 0 Å². The minimum atomic E-state index is -0.0764. The largest absolute Gasteiger partial charge is 0.504 e. The van der Waals surface area contributed by atoms with E-state index in [-0.39, 0.29) is 17.3 Å². The SMILES string of the molecule is C=C1CCCC1=O.Oc1ccccc1O. The highest BCUT2D eigenvalue weighted by molar-refractivity contribution is 5.96. The fourth-order valence-corrected chi connectivity index (χ4v) is 1.24. The summed E-state index contributed by atoms with van der Waals surface area (Å²) in [7, 11) is 0. The molecule has 0 amide bonds. The van der Waals surface area contributed by atoms with E-state index in [1.165, 1.54) is 12.1 Å². The smallest absolute Gasteiger partial charge is 0.158 e. The van der Waals surface area contributed by atoms with Gasteiger partial charge in [0.1, 0.15) is 0 Å². The molecule has 80 valence electrons. The molecule has 2 N–H and O–H groups in total. The Hall–Kier alpha value is -1.77. The standard InChI is InChI=1S/C6H6O2.C6H8O/c7-5-3-1-2-4-6(5)8;1-5-3-2-4-6(5)7/h1-4,7-8H;1-4H2. The van der Waals surface area contributed by atoms with Crippen molar-refractivity contribution in [1.82, 2.24) is 0 Å². The van der Waals surface area contributed by atoms with Crippen LogP contribution in [0, 0.1) is 0 Å². The molecule has 3 nitrogen and oxygen atoms in total. The van der Waals surface area contributed by atoms with Gasteiger partial charge < -0.3 is 10.2 Å². The van der Waals surface area contributed by atoms with Crippen molar-refractivity contribution < 1.29 is 15.0 Å². The topological polar surface area (TPSA) is 57.5 Å². The fraction of sp³-hybridized carbons (Fsp3) is 0.250. The maximum Gasteiger partial charge on any atom is 0.158 e. The average molecular weight is 206 g/mol.